The summed E-state index contributed by atoms with van der Waals surface area (Å²) in [5.74, 6) is 0.881. The second-order valence-electron chi connectivity index (χ2n) is 6.89. The summed E-state index contributed by atoms with van der Waals surface area (Å²) in [6.07, 6.45) is 5.42. The van der Waals surface area contributed by atoms with E-state index in [-0.39, 0.29) is 12.3 Å². The molecule has 126 valence electrons. The minimum Gasteiger partial charge on any atom is -0.387 e. The third-order valence-corrected chi connectivity index (χ3v) is 5.81. The van der Waals surface area contributed by atoms with Gasteiger partial charge >= 0.3 is 0 Å². The molecule has 1 aromatic heterocycles. The maximum absolute atomic E-state index is 11.2. The lowest BCUT2D eigenvalue weighted by Gasteiger charge is -2.54. The second kappa shape index (κ2) is 6.28. The molecule has 2 aromatic rings. The van der Waals surface area contributed by atoms with E-state index in [1.54, 1.807) is 13.3 Å². The molecule has 3 saturated heterocycles. The van der Waals surface area contributed by atoms with E-state index in [9.17, 15) is 5.11 Å². The van der Waals surface area contributed by atoms with Gasteiger partial charge in [-0.3, -0.25) is 9.88 Å². The molecule has 0 amide bonds. The smallest absolute Gasteiger partial charge is 0.117 e. The van der Waals surface area contributed by atoms with Gasteiger partial charge in [0.15, 0.2) is 0 Å². The van der Waals surface area contributed by atoms with Crippen molar-refractivity contribution in [3.05, 3.63) is 54.7 Å². The molecule has 0 radical (unpaired) electrons. The molecule has 2 bridgehead atoms. The van der Waals surface area contributed by atoms with Crippen LogP contribution in [-0.2, 0) is 4.74 Å². The Hall–Kier alpha value is -1.75. The predicted molar refractivity (Wildman–Crippen MR) is 94.4 cm³/mol. The highest BCUT2D eigenvalue weighted by Gasteiger charge is 2.48. The van der Waals surface area contributed by atoms with Gasteiger partial charge in [0, 0.05) is 37.2 Å². The van der Waals surface area contributed by atoms with Crippen LogP contribution in [0.3, 0.4) is 0 Å². The van der Waals surface area contributed by atoms with Gasteiger partial charge in [0.2, 0.25) is 0 Å². The fourth-order valence-electron chi connectivity index (χ4n) is 4.66. The number of aliphatic hydroxyl groups excluding tert-OH is 1. The number of hydrogen-bond acceptors (Lipinski definition) is 4. The van der Waals surface area contributed by atoms with E-state index in [2.05, 4.69) is 16.5 Å². The van der Waals surface area contributed by atoms with E-state index in [4.69, 9.17) is 4.74 Å². The number of methoxy groups -OCH3 is 1. The molecule has 3 fully saturated rings. The van der Waals surface area contributed by atoms with Crippen LogP contribution in [0, 0.1) is 11.8 Å². The van der Waals surface area contributed by atoms with Crippen molar-refractivity contribution in [1.29, 1.82) is 0 Å². The number of piperidine rings is 3. The van der Waals surface area contributed by atoms with Crippen molar-refractivity contribution < 1.29 is 9.84 Å². The van der Waals surface area contributed by atoms with Gasteiger partial charge in [-0.25, -0.2) is 0 Å². The highest BCUT2D eigenvalue weighted by molar-refractivity contribution is 5.82. The number of pyridine rings is 1. The summed E-state index contributed by atoms with van der Waals surface area (Å²) in [6.45, 7) is 4.96. The van der Waals surface area contributed by atoms with Crippen LogP contribution in [-0.4, -0.2) is 40.9 Å². The predicted octanol–water partition coefficient (Wildman–Crippen LogP) is 3.14. The third-order valence-electron chi connectivity index (χ3n) is 5.81. The van der Waals surface area contributed by atoms with Gasteiger partial charge in [-0.15, -0.1) is 6.58 Å². The maximum Gasteiger partial charge on any atom is 0.117 e. The standard InChI is InChI=1S/C20H24N2O2/c1-3-14-13-9-11-22(20(14)24-2)18(12-13)19(23)16-8-10-21-17-7-5-4-6-15(16)17/h3-8,10,13-14,18-20,23H,1,9,11-12H2,2H3. The van der Waals surface area contributed by atoms with E-state index < -0.39 is 6.10 Å². The topological polar surface area (TPSA) is 45.6 Å². The minimum absolute atomic E-state index is 0.0164. The Bertz CT molecular complexity index is 742. The van der Waals surface area contributed by atoms with Gasteiger partial charge < -0.3 is 9.84 Å². The highest BCUT2D eigenvalue weighted by atomic mass is 16.5. The number of hydrogen-bond donors (Lipinski definition) is 1. The first kappa shape index (κ1) is 15.8. The maximum atomic E-state index is 11.2. The van der Waals surface area contributed by atoms with Crippen LogP contribution in [0.4, 0.5) is 0 Å². The molecule has 4 heterocycles. The summed E-state index contributed by atoms with van der Waals surface area (Å²) in [5, 5.41) is 12.2. The summed E-state index contributed by atoms with van der Waals surface area (Å²) in [5.41, 5.74) is 1.89. The van der Waals surface area contributed by atoms with Crippen molar-refractivity contribution in [2.45, 2.75) is 31.2 Å². The zero-order valence-corrected chi connectivity index (χ0v) is 14.0. The number of ether oxygens (including phenoxy) is 1. The van der Waals surface area contributed by atoms with Gasteiger partial charge in [-0.2, -0.15) is 0 Å². The molecular formula is C20H24N2O2. The normalized spacial score (nSPS) is 33.5. The van der Waals surface area contributed by atoms with Crippen molar-refractivity contribution in [2.75, 3.05) is 13.7 Å². The van der Waals surface area contributed by atoms with Crippen LogP contribution in [0.1, 0.15) is 24.5 Å². The molecule has 4 nitrogen and oxygen atoms in total. The fourth-order valence-corrected chi connectivity index (χ4v) is 4.66. The third kappa shape index (κ3) is 2.37. The molecule has 3 aliphatic rings. The Balaban J connectivity index is 1.70. The first-order valence-electron chi connectivity index (χ1n) is 8.67. The first-order valence-corrected chi connectivity index (χ1v) is 8.67. The Morgan fingerprint density at radius 3 is 3.00 bits per heavy atom. The minimum atomic E-state index is -0.538. The largest absolute Gasteiger partial charge is 0.387 e. The number of benzene rings is 1. The van der Waals surface area contributed by atoms with E-state index in [1.807, 2.05) is 36.4 Å². The van der Waals surface area contributed by atoms with E-state index in [0.717, 1.165) is 35.9 Å². The zero-order chi connectivity index (χ0) is 16.7. The summed E-state index contributed by atoms with van der Waals surface area (Å²) in [7, 11) is 1.76. The van der Waals surface area contributed by atoms with Crippen LogP contribution < -0.4 is 0 Å². The fraction of sp³-hybridized carbons (Fsp3) is 0.450. The van der Waals surface area contributed by atoms with Crippen molar-refractivity contribution in [3.8, 4) is 0 Å². The van der Waals surface area contributed by atoms with Crippen LogP contribution in [0.25, 0.3) is 10.9 Å². The first-order chi connectivity index (χ1) is 11.7. The Kier molecular flexibility index (Phi) is 4.12. The van der Waals surface area contributed by atoms with Crippen molar-refractivity contribution >= 4 is 10.9 Å². The van der Waals surface area contributed by atoms with Crippen LogP contribution in [0.2, 0.25) is 0 Å². The van der Waals surface area contributed by atoms with Crippen molar-refractivity contribution in [2.24, 2.45) is 11.8 Å². The van der Waals surface area contributed by atoms with Gasteiger partial charge in [0.05, 0.1) is 11.6 Å². The molecule has 24 heavy (non-hydrogen) atoms. The van der Waals surface area contributed by atoms with Gasteiger partial charge in [-0.1, -0.05) is 24.3 Å². The molecule has 6 unspecified atom stereocenters. The average Bonchev–Trinajstić information content (AvgIpc) is 2.66. The van der Waals surface area contributed by atoms with Gasteiger partial charge in [0.25, 0.3) is 0 Å². The summed E-state index contributed by atoms with van der Waals surface area (Å²) in [4.78, 5) is 6.74. The molecule has 0 aliphatic carbocycles. The summed E-state index contributed by atoms with van der Waals surface area (Å²) < 4.78 is 5.76. The lowest BCUT2D eigenvalue weighted by molar-refractivity contribution is -0.176. The summed E-state index contributed by atoms with van der Waals surface area (Å²) >= 11 is 0. The number of aliphatic hydroxyl groups is 1. The van der Waals surface area contributed by atoms with E-state index in [1.165, 1.54) is 0 Å². The SMILES string of the molecule is C=CC1C2CCN(C(C(O)c3ccnc4ccccc34)C2)C1OC. The average molecular weight is 324 g/mol. The number of para-hydroxylation sites is 1. The lowest BCUT2D eigenvalue weighted by atomic mass is 9.72. The molecule has 4 heteroatoms. The molecule has 0 saturated carbocycles. The molecule has 1 aromatic carbocycles. The zero-order valence-electron chi connectivity index (χ0n) is 14.0. The Morgan fingerprint density at radius 2 is 2.21 bits per heavy atom. The molecule has 5 rings (SSSR count). The molecule has 1 N–H and O–H groups in total. The molecule has 6 atom stereocenters. The lowest BCUT2D eigenvalue weighted by Crippen LogP contribution is -2.61. The molecule has 0 spiro atoms. The van der Waals surface area contributed by atoms with E-state index in [0.29, 0.717) is 11.8 Å². The molecular weight excluding hydrogens is 300 g/mol. The second-order valence-corrected chi connectivity index (χ2v) is 6.89. The Labute approximate surface area is 142 Å². The van der Waals surface area contributed by atoms with Gasteiger partial charge in [0.1, 0.15) is 6.23 Å². The number of rotatable bonds is 4. The highest BCUT2D eigenvalue weighted by Crippen LogP contribution is 2.45. The molecule has 3 aliphatic heterocycles. The number of nitrogens with zero attached hydrogens (tertiary/aromatic N) is 2. The Morgan fingerprint density at radius 1 is 1.38 bits per heavy atom. The number of fused-ring (bicyclic) bond motifs is 4. The van der Waals surface area contributed by atoms with Crippen LogP contribution in [0.15, 0.2) is 49.2 Å². The van der Waals surface area contributed by atoms with Crippen LogP contribution >= 0.6 is 0 Å². The summed E-state index contributed by atoms with van der Waals surface area (Å²) in [6, 6.07) is 10.0. The monoisotopic (exact) mass is 324 g/mol. The van der Waals surface area contributed by atoms with E-state index >= 15 is 0 Å². The number of aromatic nitrogens is 1. The van der Waals surface area contributed by atoms with Crippen molar-refractivity contribution in [1.82, 2.24) is 9.88 Å². The van der Waals surface area contributed by atoms with Crippen molar-refractivity contribution in [3.63, 3.8) is 0 Å². The quantitative estimate of drug-likeness (QED) is 0.878. The van der Waals surface area contributed by atoms with Gasteiger partial charge in [-0.05, 0) is 36.5 Å². The van der Waals surface area contributed by atoms with Crippen LogP contribution in [0.5, 0.6) is 0 Å².